The van der Waals surface area contributed by atoms with Crippen molar-refractivity contribution in [2.24, 2.45) is 0 Å². The summed E-state index contributed by atoms with van der Waals surface area (Å²) in [6, 6.07) is 4.96. The summed E-state index contributed by atoms with van der Waals surface area (Å²) in [7, 11) is 0. The quantitative estimate of drug-likeness (QED) is 0.891. The lowest BCUT2D eigenvalue weighted by Crippen LogP contribution is -2.45. The van der Waals surface area contributed by atoms with Crippen LogP contribution in [0.15, 0.2) is 22.7 Å². The molecular weight excluding hydrogens is 299 g/mol. The van der Waals surface area contributed by atoms with E-state index in [2.05, 4.69) is 26.1 Å². The van der Waals surface area contributed by atoms with E-state index >= 15 is 0 Å². The Balaban J connectivity index is 2.28. The SMILES string of the molecule is OCC[C@H](c1c(F)cccc1Br)N1CCNCC1. The lowest BCUT2D eigenvalue weighted by Gasteiger charge is -2.35. The average molecular weight is 317 g/mol. The van der Waals surface area contributed by atoms with Gasteiger partial charge in [-0.15, -0.1) is 0 Å². The topological polar surface area (TPSA) is 35.5 Å². The van der Waals surface area contributed by atoms with Crippen LogP contribution in [0, 0.1) is 5.82 Å². The first-order chi connectivity index (χ1) is 8.74. The molecule has 1 fully saturated rings. The van der Waals surface area contributed by atoms with Gasteiger partial charge in [0.05, 0.1) is 0 Å². The summed E-state index contributed by atoms with van der Waals surface area (Å²) in [5.41, 5.74) is 0.661. The van der Waals surface area contributed by atoms with Crippen LogP contribution in [0.1, 0.15) is 18.0 Å². The van der Waals surface area contributed by atoms with E-state index in [4.69, 9.17) is 0 Å². The van der Waals surface area contributed by atoms with Crippen LogP contribution in [-0.4, -0.2) is 42.8 Å². The zero-order valence-electron chi connectivity index (χ0n) is 10.2. The third-order valence-electron chi connectivity index (χ3n) is 3.33. The molecule has 1 atom stereocenters. The van der Waals surface area contributed by atoms with E-state index in [1.807, 2.05) is 6.07 Å². The molecule has 1 aromatic carbocycles. The summed E-state index contributed by atoms with van der Waals surface area (Å²) in [4.78, 5) is 2.23. The van der Waals surface area contributed by atoms with Gasteiger partial charge in [-0.05, 0) is 18.6 Å². The Morgan fingerprint density at radius 2 is 2.11 bits per heavy atom. The molecule has 18 heavy (non-hydrogen) atoms. The van der Waals surface area contributed by atoms with Gasteiger partial charge in [-0.25, -0.2) is 4.39 Å². The molecule has 1 aliphatic heterocycles. The van der Waals surface area contributed by atoms with E-state index in [1.54, 1.807) is 6.07 Å². The average Bonchev–Trinajstić information content (AvgIpc) is 2.38. The van der Waals surface area contributed by atoms with Crippen LogP contribution in [0.4, 0.5) is 4.39 Å². The third kappa shape index (κ3) is 3.09. The minimum atomic E-state index is -0.207. The molecule has 0 radical (unpaired) electrons. The molecule has 0 amide bonds. The van der Waals surface area contributed by atoms with E-state index in [-0.39, 0.29) is 18.5 Å². The second kappa shape index (κ2) is 6.61. The molecule has 0 unspecified atom stereocenters. The molecule has 3 nitrogen and oxygen atoms in total. The fraction of sp³-hybridized carbons (Fsp3) is 0.538. The smallest absolute Gasteiger partial charge is 0.129 e. The predicted octanol–water partition coefficient (Wildman–Crippen LogP) is 1.92. The highest BCUT2D eigenvalue weighted by molar-refractivity contribution is 9.10. The molecule has 2 rings (SSSR count). The summed E-state index contributed by atoms with van der Waals surface area (Å²) in [5.74, 6) is -0.207. The highest BCUT2D eigenvalue weighted by Crippen LogP contribution is 2.32. The van der Waals surface area contributed by atoms with E-state index in [9.17, 15) is 9.50 Å². The van der Waals surface area contributed by atoms with E-state index in [0.29, 0.717) is 12.0 Å². The summed E-state index contributed by atoms with van der Waals surface area (Å²) >= 11 is 3.42. The molecule has 0 saturated carbocycles. The molecule has 1 saturated heterocycles. The number of nitrogens with one attached hydrogen (secondary N) is 1. The maximum absolute atomic E-state index is 14.0. The Morgan fingerprint density at radius 3 is 2.72 bits per heavy atom. The minimum absolute atomic E-state index is 0.0623. The van der Waals surface area contributed by atoms with Crippen LogP contribution in [-0.2, 0) is 0 Å². The van der Waals surface area contributed by atoms with Crippen molar-refractivity contribution in [3.8, 4) is 0 Å². The van der Waals surface area contributed by atoms with Gasteiger partial charge < -0.3 is 10.4 Å². The Kier molecular flexibility index (Phi) is 5.12. The zero-order chi connectivity index (χ0) is 13.0. The van der Waals surface area contributed by atoms with Gasteiger partial charge in [-0.3, -0.25) is 4.90 Å². The van der Waals surface area contributed by atoms with Crippen LogP contribution in [0.3, 0.4) is 0 Å². The second-order valence-electron chi connectivity index (χ2n) is 4.45. The van der Waals surface area contributed by atoms with Crippen LogP contribution in [0.25, 0.3) is 0 Å². The highest BCUT2D eigenvalue weighted by atomic mass is 79.9. The van der Waals surface area contributed by atoms with Gasteiger partial charge in [0, 0.05) is 48.9 Å². The lowest BCUT2D eigenvalue weighted by atomic mass is 10.0. The van der Waals surface area contributed by atoms with Crippen molar-refractivity contribution < 1.29 is 9.50 Å². The first-order valence-electron chi connectivity index (χ1n) is 6.23. The fourth-order valence-electron chi connectivity index (χ4n) is 2.45. The molecule has 0 aliphatic carbocycles. The molecule has 0 spiro atoms. The van der Waals surface area contributed by atoms with Crippen LogP contribution < -0.4 is 5.32 Å². The summed E-state index contributed by atoms with van der Waals surface area (Å²) in [6.07, 6.45) is 0.555. The molecule has 1 aliphatic rings. The Bertz CT molecular complexity index is 376. The number of piperazine rings is 1. The van der Waals surface area contributed by atoms with Crippen molar-refractivity contribution in [2.75, 3.05) is 32.8 Å². The number of aliphatic hydroxyl groups excluding tert-OH is 1. The monoisotopic (exact) mass is 316 g/mol. The largest absolute Gasteiger partial charge is 0.396 e. The highest BCUT2D eigenvalue weighted by Gasteiger charge is 2.25. The number of nitrogens with zero attached hydrogens (tertiary/aromatic N) is 1. The minimum Gasteiger partial charge on any atom is -0.396 e. The van der Waals surface area contributed by atoms with Crippen molar-refractivity contribution in [1.82, 2.24) is 10.2 Å². The first-order valence-corrected chi connectivity index (χ1v) is 7.03. The van der Waals surface area contributed by atoms with Gasteiger partial charge >= 0.3 is 0 Å². The summed E-state index contributed by atoms with van der Waals surface area (Å²) < 4.78 is 14.8. The van der Waals surface area contributed by atoms with Crippen LogP contribution in [0.5, 0.6) is 0 Å². The van der Waals surface area contributed by atoms with E-state index < -0.39 is 0 Å². The number of aliphatic hydroxyl groups is 1. The zero-order valence-corrected chi connectivity index (χ0v) is 11.8. The molecule has 0 bridgehead atoms. The molecule has 0 aromatic heterocycles. The van der Waals surface area contributed by atoms with Crippen molar-refractivity contribution in [2.45, 2.75) is 12.5 Å². The van der Waals surface area contributed by atoms with E-state index in [1.165, 1.54) is 6.07 Å². The number of rotatable bonds is 4. The second-order valence-corrected chi connectivity index (χ2v) is 5.30. The number of benzene rings is 1. The molecule has 1 aromatic rings. The van der Waals surface area contributed by atoms with Gasteiger partial charge in [0.15, 0.2) is 0 Å². The Hall–Kier alpha value is -0.490. The maximum atomic E-state index is 14.0. The van der Waals surface area contributed by atoms with Gasteiger partial charge in [0.1, 0.15) is 5.82 Å². The lowest BCUT2D eigenvalue weighted by molar-refractivity contribution is 0.138. The fourth-order valence-corrected chi connectivity index (χ4v) is 3.06. The number of hydrogen-bond acceptors (Lipinski definition) is 3. The Labute approximate surface area is 115 Å². The third-order valence-corrected chi connectivity index (χ3v) is 4.02. The van der Waals surface area contributed by atoms with Crippen molar-refractivity contribution in [3.05, 3.63) is 34.1 Å². The summed E-state index contributed by atoms with van der Waals surface area (Å²) in [6.45, 7) is 3.65. The number of hydrogen-bond donors (Lipinski definition) is 2. The molecule has 2 N–H and O–H groups in total. The normalized spacial score (nSPS) is 18.8. The maximum Gasteiger partial charge on any atom is 0.129 e. The van der Waals surface area contributed by atoms with Gasteiger partial charge in [-0.2, -0.15) is 0 Å². The standard InChI is InChI=1S/C13H18BrFN2O/c14-10-2-1-3-11(15)13(10)12(4-9-18)17-7-5-16-6-8-17/h1-3,12,16,18H,4-9H2/t12-/m1/s1. The van der Waals surface area contributed by atoms with Gasteiger partial charge in [0.2, 0.25) is 0 Å². The Morgan fingerprint density at radius 1 is 1.39 bits per heavy atom. The van der Waals surface area contributed by atoms with Crippen molar-refractivity contribution >= 4 is 15.9 Å². The van der Waals surface area contributed by atoms with Crippen LogP contribution >= 0.6 is 15.9 Å². The van der Waals surface area contributed by atoms with Crippen LogP contribution in [0.2, 0.25) is 0 Å². The van der Waals surface area contributed by atoms with Gasteiger partial charge in [0.25, 0.3) is 0 Å². The van der Waals surface area contributed by atoms with E-state index in [0.717, 1.165) is 30.7 Å². The molecule has 100 valence electrons. The molecular formula is C13H18BrFN2O. The van der Waals surface area contributed by atoms with Crippen molar-refractivity contribution in [1.29, 1.82) is 0 Å². The molecule has 1 heterocycles. The first kappa shape index (κ1) is 13.9. The molecule has 5 heteroatoms. The predicted molar refractivity (Wildman–Crippen MR) is 73.0 cm³/mol. The van der Waals surface area contributed by atoms with Crippen molar-refractivity contribution in [3.63, 3.8) is 0 Å². The number of halogens is 2. The van der Waals surface area contributed by atoms with Gasteiger partial charge in [-0.1, -0.05) is 22.0 Å². The summed E-state index contributed by atoms with van der Waals surface area (Å²) in [5, 5.41) is 12.5.